The molecule has 82 valence electrons. The van der Waals surface area contributed by atoms with Gasteiger partial charge in [0, 0.05) is 6.92 Å². The van der Waals surface area contributed by atoms with E-state index in [1.165, 1.54) is 13.3 Å². The zero-order valence-electron chi connectivity index (χ0n) is 9.75. The SMILES string of the molecule is CC(=O)OC1CC[C@H](C(C)C)C(C)C1. The Labute approximate surface area is 87.0 Å². The standard InChI is InChI=1S/C12H22O2/c1-8(2)12-6-5-11(7-9(12)3)14-10(4)13/h8-9,11-12H,5-7H2,1-4H3/t9?,11?,12-/m1/s1. The van der Waals surface area contributed by atoms with Crippen molar-refractivity contribution in [2.24, 2.45) is 17.8 Å². The normalized spacial score (nSPS) is 33.1. The topological polar surface area (TPSA) is 26.3 Å². The van der Waals surface area contributed by atoms with E-state index in [2.05, 4.69) is 20.8 Å². The van der Waals surface area contributed by atoms with Crippen LogP contribution >= 0.6 is 0 Å². The van der Waals surface area contributed by atoms with Crippen molar-refractivity contribution in [1.29, 1.82) is 0 Å². The molecule has 1 aliphatic carbocycles. The van der Waals surface area contributed by atoms with Crippen LogP contribution < -0.4 is 0 Å². The number of hydrogen-bond acceptors (Lipinski definition) is 2. The van der Waals surface area contributed by atoms with Gasteiger partial charge in [0.05, 0.1) is 0 Å². The monoisotopic (exact) mass is 198 g/mol. The summed E-state index contributed by atoms with van der Waals surface area (Å²) in [4.78, 5) is 10.8. The zero-order valence-corrected chi connectivity index (χ0v) is 9.75. The summed E-state index contributed by atoms with van der Waals surface area (Å²) in [6.45, 7) is 8.35. The number of hydrogen-bond donors (Lipinski definition) is 0. The molecule has 14 heavy (non-hydrogen) atoms. The number of esters is 1. The Morgan fingerprint density at radius 3 is 2.43 bits per heavy atom. The van der Waals surface area contributed by atoms with Crippen molar-refractivity contribution in [2.45, 2.75) is 53.1 Å². The smallest absolute Gasteiger partial charge is 0.302 e. The predicted molar refractivity (Wildman–Crippen MR) is 56.9 cm³/mol. The maximum atomic E-state index is 10.8. The first-order chi connectivity index (χ1) is 6.50. The van der Waals surface area contributed by atoms with E-state index in [0.29, 0.717) is 5.92 Å². The summed E-state index contributed by atoms with van der Waals surface area (Å²) in [6, 6.07) is 0. The fraction of sp³-hybridized carbons (Fsp3) is 0.917. The molecule has 0 N–H and O–H groups in total. The maximum absolute atomic E-state index is 10.8. The minimum absolute atomic E-state index is 0.134. The van der Waals surface area contributed by atoms with Crippen molar-refractivity contribution in [3.63, 3.8) is 0 Å². The molecule has 0 aromatic rings. The van der Waals surface area contributed by atoms with Crippen LogP contribution in [0.5, 0.6) is 0 Å². The fourth-order valence-corrected chi connectivity index (χ4v) is 2.70. The summed E-state index contributed by atoms with van der Waals surface area (Å²) in [5.74, 6) is 2.11. The summed E-state index contributed by atoms with van der Waals surface area (Å²) < 4.78 is 5.25. The highest BCUT2D eigenvalue weighted by Crippen LogP contribution is 2.35. The highest BCUT2D eigenvalue weighted by molar-refractivity contribution is 5.66. The van der Waals surface area contributed by atoms with Crippen molar-refractivity contribution in [3.05, 3.63) is 0 Å². The van der Waals surface area contributed by atoms with E-state index in [9.17, 15) is 4.79 Å². The Balaban J connectivity index is 2.42. The van der Waals surface area contributed by atoms with E-state index >= 15 is 0 Å². The molecule has 0 amide bonds. The van der Waals surface area contributed by atoms with E-state index in [1.54, 1.807) is 0 Å². The van der Waals surface area contributed by atoms with Crippen molar-refractivity contribution >= 4 is 5.97 Å². The molecule has 0 bridgehead atoms. The summed E-state index contributed by atoms with van der Waals surface area (Å²) in [5.41, 5.74) is 0. The zero-order chi connectivity index (χ0) is 10.7. The molecule has 0 heterocycles. The highest BCUT2D eigenvalue weighted by Gasteiger charge is 2.30. The second-order valence-electron chi connectivity index (χ2n) is 4.93. The third-order valence-electron chi connectivity index (χ3n) is 3.38. The maximum Gasteiger partial charge on any atom is 0.302 e. The van der Waals surface area contributed by atoms with Crippen LogP contribution in [-0.2, 0) is 9.53 Å². The molecular formula is C12H22O2. The Morgan fingerprint density at radius 2 is 2.00 bits per heavy atom. The summed E-state index contributed by atoms with van der Waals surface area (Å²) in [5, 5.41) is 0. The lowest BCUT2D eigenvalue weighted by atomic mass is 9.73. The number of rotatable bonds is 2. The van der Waals surface area contributed by atoms with Crippen LogP contribution in [0.15, 0.2) is 0 Å². The number of carbonyl (C=O) groups is 1. The molecule has 0 radical (unpaired) electrons. The molecule has 2 unspecified atom stereocenters. The van der Waals surface area contributed by atoms with Crippen LogP contribution in [0.25, 0.3) is 0 Å². The molecule has 2 heteroatoms. The van der Waals surface area contributed by atoms with E-state index in [4.69, 9.17) is 4.74 Å². The third kappa shape index (κ3) is 3.00. The van der Waals surface area contributed by atoms with Gasteiger partial charge in [0.2, 0.25) is 0 Å². The molecule has 0 spiro atoms. The molecule has 1 saturated carbocycles. The van der Waals surface area contributed by atoms with Gasteiger partial charge in [-0.25, -0.2) is 0 Å². The third-order valence-corrected chi connectivity index (χ3v) is 3.38. The number of carbonyl (C=O) groups excluding carboxylic acids is 1. The molecule has 3 atom stereocenters. The summed E-state index contributed by atoms with van der Waals surface area (Å²) in [7, 11) is 0. The lowest BCUT2D eigenvalue weighted by Gasteiger charge is -2.35. The average Bonchev–Trinajstić information content (AvgIpc) is 2.01. The average molecular weight is 198 g/mol. The van der Waals surface area contributed by atoms with Gasteiger partial charge in [0.15, 0.2) is 0 Å². The molecular weight excluding hydrogens is 176 g/mol. The van der Waals surface area contributed by atoms with Gasteiger partial charge >= 0.3 is 5.97 Å². The van der Waals surface area contributed by atoms with Crippen LogP contribution in [0, 0.1) is 17.8 Å². The first-order valence-corrected chi connectivity index (χ1v) is 5.68. The van der Waals surface area contributed by atoms with E-state index in [0.717, 1.165) is 24.7 Å². The van der Waals surface area contributed by atoms with Crippen molar-refractivity contribution in [2.75, 3.05) is 0 Å². The highest BCUT2D eigenvalue weighted by atomic mass is 16.5. The first-order valence-electron chi connectivity index (χ1n) is 5.68. The minimum atomic E-state index is -0.134. The Morgan fingerprint density at radius 1 is 1.36 bits per heavy atom. The van der Waals surface area contributed by atoms with Crippen molar-refractivity contribution in [3.8, 4) is 0 Å². The summed E-state index contributed by atoms with van der Waals surface area (Å²) in [6.07, 6.45) is 3.48. The van der Waals surface area contributed by atoms with Crippen LogP contribution in [0.4, 0.5) is 0 Å². The first kappa shape index (κ1) is 11.5. The molecule has 1 fully saturated rings. The second-order valence-corrected chi connectivity index (χ2v) is 4.93. The second kappa shape index (κ2) is 4.81. The van der Waals surface area contributed by atoms with E-state index in [1.807, 2.05) is 0 Å². The van der Waals surface area contributed by atoms with Gasteiger partial charge in [0.25, 0.3) is 0 Å². The molecule has 0 aromatic heterocycles. The molecule has 1 aliphatic rings. The Hall–Kier alpha value is -0.530. The largest absolute Gasteiger partial charge is 0.463 e. The van der Waals surface area contributed by atoms with Gasteiger partial charge in [-0.1, -0.05) is 20.8 Å². The van der Waals surface area contributed by atoms with Crippen molar-refractivity contribution < 1.29 is 9.53 Å². The van der Waals surface area contributed by atoms with Gasteiger partial charge in [-0.2, -0.15) is 0 Å². The van der Waals surface area contributed by atoms with Gasteiger partial charge in [0.1, 0.15) is 6.10 Å². The molecule has 2 nitrogen and oxygen atoms in total. The quantitative estimate of drug-likeness (QED) is 0.637. The lowest BCUT2D eigenvalue weighted by Crippen LogP contribution is -2.31. The molecule has 0 aromatic carbocycles. The van der Waals surface area contributed by atoms with Gasteiger partial charge in [-0.05, 0) is 37.0 Å². The minimum Gasteiger partial charge on any atom is -0.463 e. The van der Waals surface area contributed by atoms with Gasteiger partial charge < -0.3 is 4.74 Å². The van der Waals surface area contributed by atoms with Crippen LogP contribution in [-0.4, -0.2) is 12.1 Å². The predicted octanol–water partition coefficient (Wildman–Crippen LogP) is 3.01. The van der Waals surface area contributed by atoms with Gasteiger partial charge in [-0.15, -0.1) is 0 Å². The van der Waals surface area contributed by atoms with E-state index in [-0.39, 0.29) is 12.1 Å². The molecule has 0 aliphatic heterocycles. The number of ether oxygens (including phenoxy) is 1. The summed E-state index contributed by atoms with van der Waals surface area (Å²) >= 11 is 0. The van der Waals surface area contributed by atoms with E-state index < -0.39 is 0 Å². The fourth-order valence-electron chi connectivity index (χ4n) is 2.70. The Kier molecular flexibility index (Phi) is 3.97. The van der Waals surface area contributed by atoms with Crippen LogP contribution in [0.1, 0.15) is 47.0 Å². The van der Waals surface area contributed by atoms with Crippen LogP contribution in [0.3, 0.4) is 0 Å². The lowest BCUT2D eigenvalue weighted by molar-refractivity contribution is -0.149. The Bertz CT molecular complexity index is 198. The molecule has 0 saturated heterocycles. The van der Waals surface area contributed by atoms with Crippen molar-refractivity contribution in [1.82, 2.24) is 0 Å². The molecule has 1 rings (SSSR count). The van der Waals surface area contributed by atoms with Gasteiger partial charge in [-0.3, -0.25) is 4.79 Å². The van der Waals surface area contributed by atoms with Crippen LogP contribution in [0.2, 0.25) is 0 Å².